The minimum atomic E-state index is -4.41. The van der Waals surface area contributed by atoms with Crippen LogP contribution in [0.4, 0.5) is 24.8 Å². The number of hydrogen-bond acceptors (Lipinski definition) is 3. The highest BCUT2D eigenvalue weighted by Gasteiger charge is 2.31. The molecule has 29 heavy (non-hydrogen) atoms. The van der Waals surface area contributed by atoms with Gasteiger partial charge in [0.2, 0.25) is 5.95 Å². The van der Waals surface area contributed by atoms with Crippen LogP contribution in [0.5, 0.6) is 0 Å². The Bertz CT molecular complexity index is 1200. The number of nitrogens with one attached hydrogen (secondary N) is 2. The van der Waals surface area contributed by atoms with E-state index in [1.165, 1.54) is 6.07 Å². The van der Waals surface area contributed by atoms with Gasteiger partial charge in [0, 0.05) is 35.2 Å². The van der Waals surface area contributed by atoms with E-state index in [1.807, 2.05) is 16.8 Å². The lowest BCUT2D eigenvalue weighted by Gasteiger charge is -2.22. The lowest BCUT2D eigenvalue weighted by atomic mass is 10.2. The summed E-state index contributed by atoms with van der Waals surface area (Å²) in [6, 6.07) is 9.19. The lowest BCUT2D eigenvalue weighted by Crippen LogP contribution is -2.31. The molecule has 4 aromatic rings. The van der Waals surface area contributed by atoms with E-state index in [1.54, 1.807) is 12.3 Å². The molecule has 150 valence electrons. The number of aromatic amines is 1. The highest BCUT2D eigenvalue weighted by Crippen LogP contribution is 2.34. The molecular formula is C20H17ClF3N5. The van der Waals surface area contributed by atoms with Gasteiger partial charge in [-0.25, -0.2) is 9.66 Å². The molecule has 2 aromatic heterocycles. The summed E-state index contributed by atoms with van der Waals surface area (Å²) in [4.78, 5) is 7.67. The molecule has 0 amide bonds. The number of alkyl halides is 3. The molecule has 5 nitrogen and oxygen atoms in total. The minimum Gasteiger partial charge on any atom is -0.359 e. The second-order valence-electron chi connectivity index (χ2n) is 7.13. The molecule has 1 aliphatic rings. The second kappa shape index (κ2) is 6.59. The zero-order valence-electron chi connectivity index (χ0n) is 15.2. The number of nitrogens with zero attached hydrogens (tertiary/aromatic N) is 3. The Hall–Kier alpha value is -2.87. The first-order valence-electron chi connectivity index (χ1n) is 9.29. The van der Waals surface area contributed by atoms with Crippen LogP contribution in [0, 0.1) is 0 Å². The normalized spacial score (nSPS) is 15.0. The number of hydrogen-bond donors (Lipinski definition) is 2. The first-order valence-corrected chi connectivity index (χ1v) is 9.66. The Morgan fingerprint density at radius 3 is 2.62 bits per heavy atom. The summed E-state index contributed by atoms with van der Waals surface area (Å²) in [6.45, 7) is 1.64. The number of halogens is 4. The molecule has 0 saturated carbocycles. The van der Waals surface area contributed by atoms with Gasteiger partial charge in [-0.3, -0.25) is 0 Å². The van der Waals surface area contributed by atoms with Crippen molar-refractivity contribution >= 4 is 45.2 Å². The number of anilines is 2. The third-order valence-electron chi connectivity index (χ3n) is 5.21. The number of imidazole rings is 1. The Labute approximate surface area is 169 Å². The maximum atomic E-state index is 13.2. The van der Waals surface area contributed by atoms with Gasteiger partial charge in [0.1, 0.15) is 0 Å². The number of rotatable bonds is 3. The summed E-state index contributed by atoms with van der Waals surface area (Å²) in [7, 11) is 0. The van der Waals surface area contributed by atoms with E-state index in [0.29, 0.717) is 22.0 Å². The van der Waals surface area contributed by atoms with E-state index in [4.69, 9.17) is 11.6 Å². The van der Waals surface area contributed by atoms with Gasteiger partial charge in [0.05, 0.1) is 22.3 Å². The summed E-state index contributed by atoms with van der Waals surface area (Å²) in [6.07, 6.45) is -0.548. The van der Waals surface area contributed by atoms with Gasteiger partial charge in [-0.2, -0.15) is 13.2 Å². The highest BCUT2D eigenvalue weighted by atomic mass is 35.5. The molecule has 0 radical (unpaired) electrons. The predicted octanol–water partition coefficient (Wildman–Crippen LogP) is 5.67. The van der Waals surface area contributed by atoms with Crippen molar-refractivity contribution in [3.05, 3.63) is 53.2 Å². The minimum absolute atomic E-state index is 0.298. The van der Waals surface area contributed by atoms with Crippen molar-refractivity contribution in [2.75, 3.05) is 23.4 Å². The van der Waals surface area contributed by atoms with Crippen molar-refractivity contribution in [1.29, 1.82) is 0 Å². The van der Waals surface area contributed by atoms with Crippen molar-refractivity contribution in [1.82, 2.24) is 14.6 Å². The zero-order valence-corrected chi connectivity index (χ0v) is 16.0. The summed E-state index contributed by atoms with van der Waals surface area (Å²) < 4.78 is 41.4. The molecule has 0 aliphatic carbocycles. The molecule has 1 aliphatic heterocycles. The molecule has 2 N–H and O–H groups in total. The van der Waals surface area contributed by atoms with Gasteiger partial charge >= 0.3 is 6.18 Å². The molecule has 1 saturated heterocycles. The number of H-pyrrole nitrogens is 1. The molecule has 1 fully saturated rings. The number of benzene rings is 2. The third-order valence-corrected chi connectivity index (χ3v) is 5.45. The second-order valence-corrected chi connectivity index (χ2v) is 7.56. The van der Waals surface area contributed by atoms with Crippen molar-refractivity contribution in [3.8, 4) is 0 Å². The fourth-order valence-electron chi connectivity index (χ4n) is 3.83. The van der Waals surface area contributed by atoms with Crippen LogP contribution in [-0.2, 0) is 6.18 Å². The van der Waals surface area contributed by atoms with Gasteiger partial charge < -0.3 is 15.3 Å². The summed E-state index contributed by atoms with van der Waals surface area (Å²) in [5.74, 6) is 0.474. The number of aromatic nitrogens is 3. The quantitative estimate of drug-likeness (QED) is 0.450. The SMILES string of the molecule is FC(F)(F)c1ccc2c(c1)nc(Nc1c[nH]c3ccc(Cl)cc13)n2N1CCCC1. The van der Waals surface area contributed by atoms with E-state index in [0.717, 1.165) is 54.7 Å². The molecular weight excluding hydrogens is 403 g/mol. The molecule has 3 heterocycles. The maximum absolute atomic E-state index is 13.2. The monoisotopic (exact) mass is 419 g/mol. The van der Waals surface area contributed by atoms with Gasteiger partial charge in [0.25, 0.3) is 0 Å². The molecule has 2 aromatic carbocycles. The predicted molar refractivity (Wildman–Crippen MR) is 109 cm³/mol. The molecule has 0 bridgehead atoms. The molecule has 9 heteroatoms. The van der Waals surface area contributed by atoms with Gasteiger partial charge in [-0.15, -0.1) is 0 Å². The van der Waals surface area contributed by atoms with E-state index in [9.17, 15) is 13.2 Å². The largest absolute Gasteiger partial charge is 0.416 e. The van der Waals surface area contributed by atoms with Crippen LogP contribution in [0.3, 0.4) is 0 Å². The van der Waals surface area contributed by atoms with Crippen molar-refractivity contribution in [3.63, 3.8) is 0 Å². The Morgan fingerprint density at radius 2 is 1.86 bits per heavy atom. The molecule has 0 spiro atoms. The fourth-order valence-corrected chi connectivity index (χ4v) is 4.00. The molecule has 0 unspecified atom stereocenters. The zero-order chi connectivity index (χ0) is 20.2. The van der Waals surface area contributed by atoms with E-state index in [-0.39, 0.29) is 0 Å². The van der Waals surface area contributed by atoms with E-state index in [2.05, 4.69) is 20.3 Å². The van der Waals surface area contributed by atoms with Crippen LogP contribution >= 0.6 is 11.6 Å². The first-order chi connectivity index (χ1) is 13.9. The Kier molecular flexibility index (Phi) is 4.13. The van der Waals surface area contributed by atoms with Crippen LogP contribution in [0.2, 0.25) is 5.02 Å². The fraction of sp³-hybridized carbons (Fsp3) is 0.250. The van der Waals surface area contributed by atoms with Crippen molar-refractivity contribution < 1.29 is 13.2 Å². The maximum Gasteiger partial charge on any atom is 0.416 e. The lowest BCUT2D eigenvalue weighted by molar-refractivity contribution is -0.137. The van der Waals surface area contributed by atoms with E-state index < -0.39 is 11.7 Å². The van der Waals surface area contributed by atoms with Gasteiger partial charge in [-0.1, -0.05) is 11.6 Å². The van der Waals surface area contributed by atoms with Gasteiger partial charge in [0.15, 0.2) is 0 Å². The summed E-state index contributed by atoms with van der Waals surface area (Å²) in [5.41, 5.74) is 1.89. The topological polar surface area (TPSA) is 48.9 Å². The van der Waals surface area contributed by atoms with Crippen LogP contribution in [0.15, 0.2) is 42.6 Å². The highest BCUT2D eigenvalue weighted by molar-refractivity contribution is 6.31. The Morgan fingerprint density at radius 1 is 1.07 bits per heavy atom. The smallest absolute Gasteiger partial charge is 0.359 e. The first kappa shape index (κ1) is 18.2. The van der Waals surface area contributed by atoms with Crippen LogP contribution < -0.4 is 10.3 Å². The standard InChI is InChI=1S/C20H17ClF3N5/c21-13-4-5-15-14(10-13)17(11-25-15)27-19-26-16-9-12(20(22,23)24)3-6-18(16)29(19)28-7-1-2-8-28/h3-6,9-11,25H,1-2,7-8H2,(H,26,27). The van der Waals surface area contributed by atoms with Crippen LogP contribution in [0.25, 0.3) is 21.9 Å². The van der Waals surface area contributed by atoms with Crippen molar-refractivity contribution in [2.45, 2.75) is 19.0 Å². The average Bonchev–Trinajstić information content (AvgIpc) is 3.39. The Balaban J connectivity index is 1.64. The molecule has 5 rings (SSSR count). The summed E-state index contributed by atoms with van der Waals surface area (Å²) in [5, 5.41) is 6.87. The van der Waals surface area contributed by atoms with Gasteiger partial charge in [-0.05, 0) is 49.2 Å². The summed E-state index contributed by atoms with van der Waals surface area (Å²) >= 11 is 6.13. The van der Waals surface area contributed by atoms with Crippen LogP contribution in [0.1, 0.15) is 18.4 Å². The third kappa shape index (κ3) is 3.17. The van der Waals surface area contributed by atoms with Crippen LogP contribution in [-0.4, -0.2) is 27.7 Å². The van der Waals surface area contributed by atoms with Crippen molar-refractivity contribution in [2.24, 2.45) is 0 Å². The van der Waals surface area contributed by atoms with E-state index >= 15 is 0 Å². The average molecular weight is 420 g/mol. The number of fused-ring (bicyclic) bond motifs is 2. The molecule has 0 atom stereocenters.